The van der Waals surface area contributed by atoms with Crippen LogP contribution in [0.15, 0.2) is 48.3 Å². The smallest absolute Gasteiger partial charge is 0.418 e. The number of carbonyl (C=O) groups is 1. The van der Waals surface area contributed by atoms with Crippen molar-refractivity contribution in [2.75, 3.05) is 24.7 Å². The Morgan fingerprint density at radius 1 is 1.34 bits per heavy atom. The van der Waals surface area contributed by atoms with Crippen LogP contribution in [0.4, 0.5) is 10.6 Å². The molecule has 2 aliphatic rings. The van der Waals surface area contributed by atoms with E-state index in [2.05, 4.69) is 20.1 Å². The Balaban J connectivity index is 1.57. The SMILES string of the molecule is CCCN1C=CC(N(C(=O)O)c2cc3nc[nH]c3cn2)=NC1(C)c1cnn(S(=O)(=O)C2COC2)c1. The summed E-state index contributed by atoms with van der Waals surface area (Å²) in [7, 11) is -3.71. The minimum atomic E-state index is -3.71. The number of aromatic nitrogens is 5. The molecule has 0 aromatic carbocycles. The number of amides is 1. The van der Waals surface area contributed by atoms with Crippen LogP contribution in [0.25, 0.3) is 11.0 Å². The van der Waals surface area contributed by atoms with Gasteiger partial charge in [0.2, 0.25) is 0 Å². The van der Waals surface area contributed by atoms with Gasteiger partial charge in [-0.05, 0) is 19.4 Å². The number of imidazole rings is 1. The van der Waals surface area contributed by atoms with Gasteiger partial charge in [-0.1, -0.05) is 6.92 Å². The lowest BCUT2D eigenvalue weighted by Gasteiger charge is -2.40. The van der Waals surface area contributed by atoms with Gasteiger partial charge in [-0.25, -0.2) is 33.1 Å². The van der Waals surface area contributed by atoms with Gasteiger partial charge in [0.1, 0.15) is 16.9 Å². The van der Waals surface area contributed by atoms with Gasteiger partial charge < -0.3 is 19.7 Å². The molecule has 1 amide bonds. The number of pyridine rings is 1. The minimum absolute atomic E-state index is 0.123. The molecule has 13 nitrogen and oxygen atoms in total. The maximum Gasteiger partial charge on any atom is 0.418 e. The highest BCUT2D eigenvalue weighted by atomic mass is 32.2. The molecule has 3 aromatic heterocycles. The third kappa shape index (κ3) is 3.83. The molecule has 0 spiro atoms. The van der Waals surface area contributed by atoms with Crippen LogP contribution in [0.1, 0.15) is 25.8 Å². The number of aromatic amines is 1. The molecule has 1 fully saturated rings. The third-order valence-corrected chi connectivity index (χ3v) is 7.93. The molecule has 3 aromatic rings. The molecule has 2 N–H and O–H groups in total. The standard InChI is InChI=1S/C21H24N8O5S/c1-3-5-27-6-4-18(29(20(30)31)19-7-16-17(9-22-19)24-13-23-16)26-21(27,2)14-8-25-28(10-14)35(32,33)15-11-34-12-15/h4,6-10,13,15H,3,5,11-12H2,1-2H3,(H,23,24)(H,30,31). The average Bonchev–Trinajstić information content (AvgIpc) is 3.44. The fraction of sp³-hybridized carbons (Fsp3) is 0.381. The van der Waals surface area contributed by atoms with Crippen molar-refractivity contribution in [3.8, 4) is 0 Å². The highest BCUT2D eigenvalue weighted by Gasteiger charge is 2.40. The number of carboxylic acid groups (broad SMARTS) is 1. The molecule has 5 heterocycles. The van der Waals surface area contributed by atoms with Crippen molar-refractivity contribution in [3.63, 3.8) is 0 Å². The second-order valence-electron chi connectivity index (χ2n) is 8.39. The molecule has 1 saturated heterocycles. The Morgan fingerprint density at radius 3 is 2.83 bits per heavy atom. The van der Waals surface area contributed by atoms with Crippen LogP contribution in [0.2, 0.25) is 0 Å². The van der Waals surface area contributed by atoms with Crippen molar-refractivity contribution < 1.29 is 23.1 Å². The van der Waals surface area contributed by atoms with E-state index >= 15 is 0 Å². The number of nitrogens with one attached hydrogen (secondary N) is 1. The molecule has 14 heteroatoms. The molecule has 0 radical (unpaired) electrons. The Kier molecular flexibility index (Phi) is 5.56. The molecular formula is C21H24N8O5S. The molecule has 2 aliphatic heterocycles. The summed E-state index contributed by atoms with van der Waals surface area (Å²) in [6, 6.07) is 1.55. The van der Waals surface area contributed by atoms with Crippen LogP contribution in [-0.2, 0) is 20.4 Å². The molecule has 0 aliphatic carbocycles. The van der Waals surface area contributed by atoms with E-state index in [9.17, 15) is 18.3 Å². The monoisotopic (exact) mass is 500 g/mol. The summed E-state index contributed by atoms with van der Waals surface area (Å²) < 4.78 is 31.6. The second kappa shape index (κ2) is 8.46. The zero-order valence-electron chi connectivity index (χ0n) is 19.1. The van der Waals surface area contributed by atoms with Crippen LogP contribution < -0.4 is 4.90 Å². The Hall–Kier alpha value is -3.78. The van der Waals surface area contributed by atoms with Crippen molar-refractivity contribution in [3.05, 3.63) is 48.8 Å². The van der Waals surface area contributed by atoms with E-state index in [1.54, 1.807) is 25.3 Å². The Bertz CT molecular complexity index is 1440. The summed E-state index contributed by atoms with van der Waals surface area (Å²) in [6.07, 6.45) is 8.73. The summed E-state index contributed by atoms with van der Waals surface area (Å²) in [5.41, 5.74) is 0.611. The molecule has 35 heavy (non-hydrogen) atoms. The highest BCUT2D eigenvalue weighted by Crippen LogP contribution is 2.34. The molecule has 0 saturated carbocycles. The summed E-state index contributed by atoms with van der Waals surface area (Å²) in [5.74, 6) is 0.257. The van der Waals surface area contributed by atoms with Gasteiger partial charge in [0.25, 0.3) is 10.0 Å². The van der Waals surface area contributed by atoms with Gasteiger partial charge in [-0.2, -0.15) is 9.19 Å². The number of nitrogens with zero attached hydrogens (tertiary/aromatic N) is 7. The van der Waals surface area contributed by atoms with Gasteiger partial charge >= 0.3 is 6.09 Å². The largest absolute Gasteiger partial charge is 0.464 e. The second-order valence-corrected chi connectivity index (χ2v) is 10.5. The Labute approximate surface area is 200 Å². The van der Waals surface area contributed by atoms with Crippen molar-refractivity contribution >= 4 is 38.8 Å². The topological polar surface area (TPSA) is 159 Å². The first-order valence-electron chi connectivity index (χ1n) is 11.0. The van der Waals surface area contributed by atoms with Gasteiger partial charge in [0, 0.05) is 24.4 Å². The van der Waals surface area contributed by atoms with Crippen LogP contribution in [0.3, 0.4) is 0 Å². The lowest BCUT2D eigenvalue weighted by molar-refractivity contribution is 0.0410. The van der Waals surface area contributed by atoms with Gasteiger partial charge in [0.05, 0.1) is 49.2 Å². The number of anilines is 1. The quantitative estimate of drug-likeness (QED) is 0.514. The molecule has 1 atom stereocenters. The Morgan fingerprint density at radius 2 is 2.14 bits per heavy atom. The number of hydrogen-bond acceptors (Lipinski definition) is 9. The number of amidine groups is 1. The van der Waals surface area contributed by atoms with E-state index in [0.29, 0.717) is 23.1 Å². The lowest BCUT2D eigenvalue weighted by atomic mass is 10.0. The first-order valence-corrected chi connectivity index (χ1v) is 12.5. The van der Waals surface area contributed by atoms with E-state index in [1.807, 2.05) is 11.8 Å². The van der Waals surface area contributed by atoms with Crippen LogP contribution in [-0.4, -0.2) is 79.5 Å². The number of hydrogen-bond donors (Lipinski definition) is 2. The lowest BCUT2D eigenvalue weighted by Crippen LogP contribution is -2.46. The van der Waals surface area contributed by atoms with Gasteiger partial charge in [-0.15, -0.1) is 0 Å². The first kappa shape index (κ1) is 23.0. The van der Waals surface area contributed by atoms with E-state index in [0.717, 1.165) is 15.4 Å². The van der Waals surface area contributed by atoms with Crippen molar-refractivity contribution in [2.24, 2.45) is 4.99 Å². The average molecular weight is 501 g/mol. The van der Waals surface area contributed by atoms with Crippen molar-refractivity contribution in [1.82, 2.24) is 29.0 Å². The van der Waals surface area contributed by atoms with Gasteiger partial charge in [0.15, 0.2) is 5.66 Å². The number of fused-ring (bicyclic) bond motifs is 1. The van der Waals surface area contributed by atoms with Crippen LogP contribution in [0, 0.1) is 0 Å². The van der Waals surface area contributed by atoms with Crippen molar-refractivity contribution in [2.45, 2.75) is 31.2 Å². The number of rotatable bonds is 6. The van der Waals surface area contributed by atoms with E-state index in [-0.39, 0.29) is 24.9 Å². The number of H-pyrrole nitrogens is 1. The molecule has 5 rings (SSSR count). The predicted molar refractivity (Wildman–Crippen MR) is 126 cm³/mol. The first-order chi connectivity index (χ1) is 16.7. The zero-order valence-corrected chi connectivity index (χ0v) is 19.9. The number of aliphatic imine (C=N–C) groups is 1. The molecule has 184 valence electrons. The predicted octanol–water partition coefficient (Wildman–Crippen LogP) is 1.73. The fourth-order valence-electron chi connectivity index (χ4n) is 4.00. The van der Waals surface area contributed by atoms with Gasteiger partial charge in [-0.3, -0.25) is 0 Å². The summed E-state index contributed by atoms with van der Waals surface area (Å²) >= 11 is 0. The minimum Gasteiger partial charge on any atom is -0.464 e. The maximum atomic E-state index is 12.8. The summed E-state index contributed by atoms with van der Waals surface area (Å²) in [6.45, 7) is 4.65. The number of ether oxygens (including phenoxy) is 1. The normalized spacial score (nSPS) is 20.6. The highest BCUT2D eigenvalue weighted by molar-refractivity contribution is 7.90. The third-order valence-electron chi connectivity index (χ3n) is 6.10. The van der Waals surface area contributed by atoms with E-state index < -0.39 is 27.0 Å². The molecule has 1 unspecified atom stereocenters. The maximum absolute atomic E-state index is 12.8. The molecule has 0 bridgehead atoms. The summed E-state index contributed by atoms with van der Waals surface area (Å²) in [5, 5.41) is 13.5. The molecular weight excluding hydrogens is 476 g/mol. The van der Waals surface area contributed by atoms with E-state index in [1.165, 1.54) is 24.9 Å². The van der Waals surface area contributed by atoms with Crippen LogP contribution >= 0.6 is 0 Å². The van der Waals surface area contributed by atoms with Crippen molar-refractivity contribution in [1.29, 1.82) is 0 Å². The fourth-order valence-corrected chi connectivity index (χ4v) is 5.28. The zero-order chi connectivity index (χ0) is 24.8. The van der Waals surface area contributed by atoms with E-state index in [4.69, 9.17) is 9.73 Å². The summed E-state index contributed by atoms with van der Waals surface area (Å²) in [4.78, 5) is 31.3. The van der Waals surface area contributed by atoms with Crippen LogP contribution in [0.5, 0.6) is 0 Å².